The molecule has 0 aromatic heterocycles. The van der Waals surface area contributed by atoms with E-state index in [-0.39, 0.29) is 12.4 Å². The van der Waals surface area contributed by atoms with E-state index in [0.717, 1.165) is 0 Å². The van der Waals surface area contributed by atoms with Crippen LogP contribution < -0.4 is 9.47 Å². The van der Waals surface area contributed by atoms with Crippen LogP contribution in [0.4, 0.5) is 4.39 Å². The Balaban J connectivity index is 2.19. The summed E-state index contributed by atoms with van der Waals surface area (Å²) in [5.74, 6) is 0.472. The number of halogens is 2. The minimum Gasteiger partial charge on any atom is -0.493 e. The standard InChI is InChI=1S/C15H11ClFNO2/c1-19-15-6-10(8-18)2-5-14(15)20-9-11-7-12(16)3-4-13(11)17/h2-7H,9H2,1H3. The third-order valence-corrected chi connectivity index (χ3v) is 2.92. The molecule has 0 aliphatic rings. The van der Waals surface area contributed by atoms with E-state index < -0.39 is 0 Å². The molecule has 0 spiro atoms. The lowest BCUT2D eigenvalue weighted by Gasteiger charge is -2.11. The highest BCUT2D eigenvalue weighted by Crippen LogP contribution is 2.29. The third kappa shape index (κ3) is 3.19. The first-order valence-corrected chi connectivity index (χ1v) is 6.16. The first-order chi connectivity index (χ1) is 9.63. The molecular weight excluding hydrogens is 281 g/mol. The van der Waals surface area contributed by atoms with Crippen molar-refractivity contribution < 1.29 is 13.9 Å². The molecule has 102 valence electrons. The van der Waals surface area contributed by atoms with Gasteiger partial charge in [0.15, 0.2) is 11.5 Å². The molecule has 0 fully saturated rings. The van der Waals surface area contributed by atoms with Crippen LogP contribution in [-0.2, 0) is 6.61 Å². The van der Waals surface area contributed by atoms with Gasteiger partial charge in [0.25, 0.3) is 0 Å². The Hall–Kier alpha value is -2.25. The van der Waals surface area contributed by atoms with Crippen molar-refractivity contribution in [1.82, 2.24) is 0 Å². The number of hydrogen-bond donors (Lipinski definition) is 0. The van der Waals surface area contributed by atoms with Crippen molar-refractivity contribution in [2.45, 2.75) is 6.61 Å². The molecule has 3 nitrogen and oxygen atoms in total. The molecular formula is C15H11ClFNO2. The van der Waals surface area contributed by atoms with E-state index in [1.54, 1.807) is 18.2 Å². The summed E-state index contributed by atoms with van der Waals surface area (Å²) >= 11 is 5.81. The largest absolute Gasteiger partial charge is 0.493 e. The number of rotatable bonds is 4. The number of benzene rings is 2. The van der Waals surface area contributed by atoms with Gasteiger partial charge < -0.3 is 9.47 Å². The SMILES string of the molecule is COc1cc(C#N)ccc1OCc1cc(Cl)ccc1F. The fourth-order valence-electron chi connectivity index (χ4n) is 1.67. The van der Waals surface area contributed by atoms with E-state index in [1.165, 1.54) is 25.3 Å². The normalized spacial score (nSPS) is 9.90. The van der Waals surface area contributed by atoms with Crippen molar-refractivity contribution in [3.63, 3.8) is 0 Å². The molecule has 0 bridgehead atoms. The van der Waals surface area contributed by atoms with Crippen molar-refractivity contribution in [2.24, 2.45) is 0 Å². The van der Waals surface area contributed by atoms with Gasteiger partial charge in [0.05, 0.1) is 18.7 Å². The smallest absolute Gasteiger partial charge is 0.162 e. The molecule has 0 unspecified atom stereocenters. The average molecular weight is 292 g/mol. The number of ether oxygens (including phenoxy) is 2. The molecule has 2 rings (SSSR count). The summed E-state index contributed by atoms with van der Waals surface area (Å²) in [6, 6.07) is 11.1. The van der Waals surface area contributed by atoms with Gasteiger partial charge >= 0.3 is 0 Å². The summed E-state index contributed by atoms with van der Waals surface area (Å²) in [6.45, 7) is 0.0225. The molecule has 0 radical (unpaired) electrons. The predicted octanol–water partition coefficient (Wildman–Crippen LogP) is 3.94. The molecule has 2 aromatic carbocycles. The Kier molecular flexibility index (Phi) is 4.44. The second kappa shape index (κ2) is 6.27. The molecule has 0 atom stereocenters. The van der Waals surface area contributed by atoms with Crippen LogP contribution in [0.15, 0.2) is 36.4 Å². The van der Waals surface area contributed by atoms with Crippen molar-refractivity contribution >= 4 is 11.6 Å². The topological polar surface area (TPSA) is 42.2 Å². The lowest BCUT2D eigenvalue weighted by Crippen LogP contribution is -2.00. The summed E-state index contributed by atoms with van der Waals surface area (Å²) in [5, 5.41) is 9.25. The van der Waals surface area contributed by atoms with E-state index in [9.17, 15) is 4.39 Å². The Morgan fingerprint density at radius 3 is 2.70 bits per heavy atom. The van der Waals surface area contributed by atoms with Crippen molar-refractivity contribution in [3.05, 3.63) is 58.4 Å². The lowest BCUT2D eigenvalue weighted by molar-refractivity contribution is 0.279. The van der Waals surface area contributed by atoms with E-state index >= 15 is 0 Å². The summed E-state index contributed by atoms with van der Waals surface area (Å²) in [4.78, 5) is 0. The molecule has 0 saturated heterocycles. The zero-order chi connectivity index (χ0) is 14.5. The summed E-state index contributed by atoms with van der Waals surface area (Å²) in [7, 11) is 1.48. The molecule has 0 amide bonds. The Labute approximate surface area is 121 Å². The highest BCUT2D eigenvalue weighted by Gasteiger charge is 2.08. The number of nitriles is 1. The van der Waals surface area contributed by atoms with Gasteiger partial charge in [-0.15, -0.1) is 0 Å². The Morgan fingerprint density at radius 2 is 2.00 bits per heavy atom. The number of hydrogen-bond acceptors (Lipinski definition) is 3. The van der Waals surface area contributed by atoms with Gasteiger partial charge in [0.2, 0.25) is 0 Å². The van der Waals surface area contributed by atoms with Gasteiger partial charge in [-0.2, -0.15) is 5.26 Å². The van der Waals surface area contributed by atoms with Gasteiger partial charge in [0.1, 0.15) is 12.4 Å². The van der Waals surface area contributed by atoms with Gasteiger partial charge in [0, 0.05) is 16.7 Å². The van der Waals surface area contributed by atoms with E-state index in [0.29, 0.717) is 27.6 Å². The van der Waals surface area contributed by atoms with E-state index in [2.05, 4.69) is 0 Å². The number of methoxy groups -OCH3 is 1. The summed E-state index contributed by atoms with van der Waals surface area (Å²) in [6.07, 6.45) is 0. The maximum Gasteiger partial charge on any atom is 0.162 e. The zero-order valence-electron chi connectivity index (χ0n) is 10.7. The van der Waals surface area contributed by atoms with Crippen molar-refractivity contribution in [2.75, 3.05) is 7.11 Å². The Bertz CT molecular complexity index is 667. The maximum absolute atomic E-state index is 13.6. The average Bonchev–Trinajstić information content (AvgIpc) is 2.48. The highest BCUT2D eigenvalue weighted by atomic mass is 35.5. The van der Waals surface area contributed by atoms with Crippen LogP contribution in [0.1, 0.15) is 11.1 Å². The molecule has 20 heavy (non-hydrogen) atoms. The maximum atomic E-state index is 13.6. The van der Waals surface area contributed by atoms with Gasteiger partial charge in [-0.25, -0.2) is 4.39 Å². The van der Waals surface area contributed by atoms with Gasteiger partial charge in [-0.05, 0) is 30.3 Å². The van der Waals surface area contributed by atoms with Gasteiger partial charge in [-0.3, -0.25) is 0 Å². The zero-order valence-corrected chi connectivity index (χ0v) is 11.4. The first kappa shape index (κ1) is 14.2. The number of nitrogens with zero attached hydrogens (tertiary/aromatic N) is 1. The van der Waals surface area contributed by atoms with E-state index in [4.69, 9.17) is 26.3 Å². The minimum absolute atomic E-state index is 0.0225. The Morgan fingerprint density at radius 1 is 1.20 bits per heavy atom. The fraction of sp³-hybridized carbons (Fsp3) is 0.133. The van der Waals surface area contributed by atoms with Crippen LogP contribution in [0, 0.1) is 17.1 Å². The molecule has 5 heteroatoms. The third-order valence-electron chi connectivity index (χ3n) is 2.68. The second-order valence-electron chi connectivity index (χ2n) is 4.00. The predicted molar refractivity (Wildman–Crippen MR) is 73.5 cm³/mol. The lowest BCUT2D eigenvalue weighted by atomic mass is 10.2. The van der Waals surface area contributed by atoms with Crippen LogP contribution in [0.25, 0.3) is 0 Å². The molecule has 0 aliphatic carbocycles. The van der Waals surface area contributed by atoms with Crippen LogP contribution in [-0.4, -0.2) is 7.11 Å². The highest BCUT2D eigenvalue weighted by molar-refractivity contribution is 6.30. The quantitative estimate of drug-likeness (QED) is 0.857. The van der Waals surface area contributed by atoms with Gasteiger partial charge in [-0.1, -0.05) is 11.6 Å². The second-order valence-corrected chi connectivity index (χ2v) is 4.44. The fourth-order valence-corrected chi connectivity index (χ4v) is 1.86. The van der Waals surface area contributed by atoms with Crippen LogP contribution in [0.2, 0.25) is 5.02 Å². The van der Waals surface area contributed by atoms with Crippen LogP contribution in [0.3, 0.4) is 0 Å². The molecule has 2 aromatic rings. The van der Waals surface area contributed by atoms with Crippen LogP contribution in [0.5, 0.6) is 11.5 Å². The van der Waals surface area contributed by atoms with Crippen molar-refractivity contribution in [1.29, 1.82) is 5.26 Å². The van der Waals surface area contributed by atoms with E-state index in [1.807, 2.05) is 6.07 Å². The molecule has 0 aliphatic heterocycles. The molecule has 0 heterocycles. The summed E-state index contributed by atoms with van der Waals surface area (Å²) < 4.78 is 24.2. The van der Waals surface area contributed by atoms with Crippen LogP contribution >= 0.6 is 11.6 Å². The molecule has 0 N–H and O–H groups in total. The van der Waals surface area contributed by atoms with Crippen molar-refractivity contribution in [3.8, 4) is 17.6 Å². The summed E-state index contributed by atoms with van der Waals surface area (Å²) in [5.41, 5.74) is 0.812. The minimum atomic E-state index is -0.387. The monoisotopic (exact) mass is 291 g/mol. The molecule has 0 saturated carbocycles. The first-order valence-electron chi connectivity index (χ1n) is 5.79.